The second kappa shape index (κ2) is 8.01. The van der Waals surface area contributed by atoms with Gasteiger partial charge in [-0.3, -0.25) is 9.78 Å². The van der Waals surface area contributed by atoms with Crippen molar-refractivity contribution >= 4 is 11.6 Å². The van der Waals surface area contributed by atoms with E-state index in [1.54, 1.807) is 6.20 Å². The lowest BCUT2D eigenvalue weighted by molar-refractivity contribution is 0.0947. The van der Waals surface area contributed by atoms with Gasteiger partial charge in [-0.05, 0) is 37.3 Å². The molecular formula is C17H27N3O. The highest BCUT2D eigenvalue weighted by Gasteiger charge is 2.14. The number of hydrogen-bond donors (Lipinski definition) is 2. The monoisotopic (exact) mass is 289 g/mol. The highest BCUT2D eigenvalue weighted by atomic mass is 16.1. The van der Waals surface area contributed by atoms with E-state index >= 15 is 0 Å². The van der Waals surface area contributed by atoms with Crippen LogP contribution >= 0.6 is 0 Å². The van der Waals surface area contributed by atoms with Crippen molar-refractivity contribution in [3.63, 3.8) is 0 Å². The van der Waals surface area contributed by atoms with Gasteiger partial charge < -0.3 is 10.6 Å². The zero-order valence-electron chi connectivity index (χ0n) is 13.2. The molecule has 1 aliphatic carbocycles. The summed E-state index contributed by atoms with van der Waals surface area (Å²) < 4.78 is 0. The summed E-state index contributed by atoms with van der Waals surface area (Å²) in [6, 6.07) is 4.34. The standard InChI is InChI=1S/C17H27N3O/c1-13(2)8-10-19-17(21)16-12-15(9-11-18-16)20-14-6-4-3-5-7-14/h9,11-14H,3-8,10H2,1-2H3,(H,18,20)(H,19,21). The van der Waals surface area contributed by atoms with Crippen molar-refractivity contribution in [3.8, 4) is 0 Å². The zero-order chi connectivity index (χ0) is 15.1. The summed E-state index contributed by atoms with van der Waals surface area (Å²) in [5, 5.41) is 6.46. The zero-order valence-corrected chi connectivity index (χ0v) is 13.2. The number of nitrogens with one attached hydrogen (secondary N) is 2. The number of aromatic nitrogens is 1. The lowest BCUT2D eigenvalue weighted by atomic mass is 9.95. The van der Waals surface area contributed by atoms with Crippen LogP contribution in [0, 0.1) is 5.92 Å². The SMILES string of the molecule is CC(C)CCNC(=O)c1cc(NC2CCCCC2)ccn1. The lowest BCUT2D eigenvalue weighted by Crippen LogP contribution is -2.27. The Morgan fingerprint density at radius 3 is 2.81 bits per heavy atom. The van der Waals surface area contributed by atoms with Crippen LogP contribution in [0.25, 0.3) is 0 Å². The smallest absolute Gasteiger partial charge is 0.269 e. The molecule has 1 aliphatic rings. The van der Waals surface area contributed by atoms with E-state index in [9.17, 15) is 4.79 Å². The molecule has 0 aromatic carbocycles. The molecule has 0 saturated heterocycles. The largest absolute Gasteiger partial charge is 0.382 e. The average Bonchev–Trinajstić information content (AvgIpc) is 2.48. The van der Waals surface area contributed by atoms with Crippen molar-refractivity contribution in [2.45, 2.75) is 58.4 Å². The fourth-order valence-electron chi connectivity index (χ4n) is 2.69. The van der Waals surface area contributed by atoms with E-state index in [-0.39, 0.29) is 5.91 Å². The maximum absolute atomic E-state index is 12.1. The Bertz CT molecular complexity index is 453. The number of pyridine rings is 1. The van der Waals surface area contributed by atoms with Crippen LogP contribution in [0.2, 0.25) is 0 Å². The molecule has 1 aromatic rings. The van der Waals surface area contributed by atoms with Crippen LogP contribution in [0.4, 0.5) is 5.69 Å². The maximum atomic E-state index is 12.1. The Labute approximate surface area is 127 Å². The minimum Gasteiger partial charge on any atom is -0.382 e. The molecule has 4 nitrogen and oxygen atoms in total. The van der Waals surface area contributed by atoms with Gasteiger partial charge in [0.1, 0.15) is 5.69 Å². The van der Waals surface area contributed by atoms with Crippen LogP contribution in [-0.2, 0) is 0 Å². The molecule has 116 valence electrons. The molecule has 0 bridgehead atoms. The quantitative estimate of drug-likeness (QED) is 0.841. The molecular weight excluding hydrogens is 262 g/mol. The van der Waals surface area contributed by atoms with E-state index in [0.29, 0.717) is 24.2 Å². The molecule has 0 atom stereocenters. The Balaban J connectivity index is 1.88. The molecule has 0 unspecified atom stereocenters. The van der Waals surface area contributed by atoms with Crippen LogP contribution in [0.3, 0.4) is 0 Å². The summed E-state index contributed by atoms with van der Waals surface area (Å²) in [5.74, 6) is 0.514. The molecule has 0 aliphatic heterocycles. The van der Waals surface area contributed by atoms with E-state index in [1.807, 2.05) is 12.1 Å². The van der Waals surface area contributed by atoms with E-state index < -0.39 is 0 Å². The predicted octanol–water partition coefficient (Wildman–Crippen LogP) is 3.60. The number of hydrogen-bond acceptors (Lipinski definition) is 3. The van der Waals surface area contributed by atoms with E-state index in [2.05, 4.69) is 29.5 Å². The van der Waals surface area contributed by atoms with Crippen LogP contribution in [0.1, 0.15) is 62.9 Å². The minimum absolute atomic E-state index is 0.0806. The van der Waals surface area contributed by atoms with E-state index in [0.717, 1.165) is 12.1 Å². The fraction of sp³-hybridized carbons (Fsp3) is 0.647. The molecule has 4 heteroatoms. The van der Waals surface area contributed by atoms with Gasteiger partial charge >= 0.3 is 0 Å². The maximum Gasteiger partial charge on any atom is 0.269 e. The minimum atomic E-state index is -0.0806. The third-order valence-electron chi connectivity index (χ3n) is 3.98. The number of carbonyl (C=O) groups is 1. The molecule has 0 spiro atoms. The molecule has 1 aromatic heterocycles. The van der Waals surface area contributed by atoms with Crippen molar-refractivity contribution in [1.29, 1.82) is 0 Å². The number of amides is 1. The van der Waals surface area contributed by atoms with Crippen molar-refractivity contribution in [2.24, 2.45) is 5.92 Å². The first kappa shape index (κ1) is 15.8. The normalized spacial score (nSPS) is 16.0. The molecule has 1 fully saturated rings. The summed E-state index contributed by atoms with van der Waals surface area (Å²) in [6.45, 7) is 5.01. The molecule has 2 rings (SSSR count). The number of rotatable bonds is 6. The van der Waals surface area contributed by atoms with Gasteiger partial charge in [-0.25, -0.2) is 0 Å². The van der Waals surface area contributed by atoms with E-state index in [4.69, 9.17) is 0 Å². The first-order valence-corrected chi connectivity index (χ1v) is 8.16. The van der Waals surface area contributed by atoms with Gasteiger partial charge in [-0.1, -0.05) is 33.1 Å². The van der Waals surface area contributed by atoms with Crippen molar-refractivity contribution in [3.05, 3.63) is 24.0 Å². The molecule has 21 heavy (non-hydrogen) atoms. The van der Waals surface area contributed by atoms with Gasteiger partial charge in [-0.2, -0.15) is 0 Å². The topological polar surface area (TPSA) is 54.0 Å². The first-order chi connectivity index (χ1) is 10.1. The Kier molecular flexibility index (Phi) is 6.03. The molecule has 1 amide bonds. The van der Waals surface area contributed by atoms with Crippen LogP contribution in [-0.4, -0.2) is 23.5 Å². The van der Waals surface area contributed by atoms with Gasteiger partial charge in [0, 0.05) is 24.5 Å². The number of nitrogens with zero attached hydrogens (tertiary/aromatic N) is 1. The summed E-state index contributed by atoms with van der Waals surface area (Å²) in [4.78, 5) is 16.2. The van der Waals surface area contributed by atoms with Crippen LogP contribution in [0.5, 0.6) is 0 Å². The molecule has 1 heterocycles. The highest BCUT2D eigenvalue weighted by molar-refractivity contribution is 5.93. The second-order valence-electron chi connectivity index (χ2n) is 6.35. The van der Waals surface area contributed by atoms with Gasteiger partial charge in [0.2, 0.25) is 0 Å². The summed E-state index contributed by atoms with van der Waals surface area (Å²) >= 11 is 0. The van der Waals surface area contributed by atoms with Crippen molar-refractivity contribution in [2.75, 3.05) is 11.9 Å². The third-order valence-corrected chi connectivity index (χ3v) is 3.98. The Morgan fingerprint density at radius 2 is 2.10 bits per heavy atom. The Morgan fingerprint density at radius 1 is 1.33 bits per heavy atom. The predicted molar refractivity (Wildman–Crippen MR) is 86.5 cm³/mol. The third kappa shape index (κ3) is 5.37. The molecule has 1 saturated carbocycles. The number of carbonyl (C=O) groups excluding carboxylic acids is 1. The van der Waals surface area contributed by atoms with Gasteiger partial charge in [0.15, 0.2) is 0 Å². The summed E-state index contributed by atoms with van der Waals surface area (Å²) in [7, 11) is 0. The first-order valence-electron chi connectivity index (χ1n) is 8.16. The fourth-order valence-corrected chi connectivity index (χ4v) is 2.69. The Hall–Kier alpha value is -1.58. The van der Waals surface area contributed by atoms with Crippen LogP contribution in [0.15, 0.2) is 18.3 Å². The summed E-state index contributed by atoms with van der Waals surface area (Å²) in [6.07, 6.45) is 9.08. The van der Waals surface area contributed by atoms with Gasteiger partial charge in [-0.15, -0.1) is 0 Å². The van der Waals surface area contributed by atoms with Gasteiger partial charge in [0.25, 0.3) is 5.91 Å². The highest BCUT2D eigenvalue weighted by Crippen LogP contribution is 2.21. The molecule has 2 N–H and O–H groups in total. The second-order valence-corrected chi connectivity index (χ2v) is 6.35. The average molecular weight is 289 g/mol. The van der Waals surface area contributed by atoms with Gasteiger partial charge in [0.05, 0.1) is 0 Å². The van der Waals surface area contributed by atoms with Crippen molar-refractivity contribution in [1.82, 2.24) is 10.3 Å². The number of anilines is 1. The lowest BCUT2D eigenvalue weighted by Gasteiger charge is -2.23. The summed E-state index contributed by atoms with van der Waals surface area (Å²) in [5.41, 5.74) is 1.51. The molecule has 0 radical (unpaired) electrons. The van der Waals surface area contributed by atoms with Crippen molar-refractivity contribution < 1.29 is 4.79 Å². The van der Waals surface area contributed by atoms with E-state index in [1.165, 1.54) is 32.1 Å². The van der Waals surface area contributed by atoms with Crippen LogP contribution < -0.4 is 10.6 Å².